The molecule has 0 aliphatic carbocycles. The minimum absolute atomic E-state index is 0.0653. The molecule has 0 bridgehead atoms. The average molecular weight is 408 g/mol. The first-order valence-electron chi connectivity index (χ1n) is 8.72. The van der Waals surface area contributed by atoms with Crippen molar-refractivity contribution in [2.24, 2.45) is 0 Å². The van der Waals surface area contributed by atoms with E-state index in [0.717, 1.165) is 22.5 Å². The second-order valence-electron chi connectivity index (χ2n) is 6.16. The first-order chi connectivity index (χ1) is 13.7. The largest absolute Gasteiger partial charge is 0.342 e. The first-order valence-corrected chi connectivity index (χ1v) is 10.4. The SMILES string of the molecule is O=C(CNC(=O)c1cccs1)Nc1ccc(Cc2nc3ccccc3s2)cc1. The minimum Gasteiger partial charge on any atom is -0.342 e. The van der Waals surface area contributed by atoms with Crippen molar-refractivity contribution in [2.45, 2.75) is 6.42 Å². The second-order valence-corrected chi connectivity index (χ2v) is 8.22. The van der Waals surface area contributed by atoms with Gasteiger partial charge in [0.15, 0.2) is 0 Å². The highest BCUT2D eigenvalue weighted by Gasteiger charge is 2.09. The van der Waals surface area contributed by atoms with E-state index in [9.17, 15) is 9.59 Å². The smallest absolute Gasteiger partial charge is 0.261 e. The fraction of sp³-hybridized carbons (Fsp3) is 0.0952. The van der Waals surface area contributed by atoms with Gasteiger partial charge in [-0.05, 0) is 41.3 Å². The highest BCUT2D eigenvalue weighted by Crippen LogP contribution is 2.24. The number of aromatic nitrogens is 1. The summed E-state index contributed by atoms with van der Waals surface area (Å²) in [4.78, 5) is 29.1. The van der Waals surface area contributed by atoms with Gasteiger partial charge in [-0.3, -0.25) is 9.59 Å². The van der Waals surface area contributed by atoms with Crippen LogP contribution in [0.15, 0.2) is 66.0 Å². The highest BCUT2D eigenvalue weighted by molar-refractivity contribution is 7.18. The number of hydrogen-bond acceptors (Lipinski definition) is 5. The number of amides is 2. The number of rotatable bonds is 6. The van der Waals surface area contributed by atoms with Crippen LogP contribution in [0.5, 0.6) is 0 Å². The number of nitrogens with zero attached hydrogens (tertiary/aromatic N) is 1. The topological polar surface area (TPSA) is 71.1 Å². The summed E-state index contributed by atoms with van der Waals surface area (Å²) in [5.74, 6) is -0.500. The zero-order valence-corrected chi connectivity index (χ0v) is 16.5. The summed E-state index contributed by atoms with van der Waals surface area (Å²) in [5.41, 5.74) is 2.85. The summed E-state index contributed by atoms with van der Waals surface area (Å²) in [6.07, 6.45) is 0.754. The van der Waals surface area contributed by atoms with Crippen LogP contribution in [0.3, 0.4) is 0 Å². The molecular weight excluding hydrogens is 390 g/mol. The summed E-state index contributed by atoms with van der Waals surface area (Å²) in [7, 11) is 0. The number of thiazole rings is 1. The molecule has 2 aromatic heterocycles. The van der Waals surface area contributed by atoms with Crippen molar-refractivity contribution in [1.82, 2.24) is 10.3 Å². The van der Waals surface area contributed by atoms with Crippen molar-refractivity contribution >= 4 is 50.4 Å². The number of thiophene rings is 1. The highest BCUT2D eigenvalue weighted by atomic mass is 32.1. The molecule has 2 amide bonds. The van der Waals surface area contributed by atoms with Gasteiger partial charge >= 0.3 is 0 Å². The van der Waals surface area contributed by atoms with Crippen molar-refractivity contribution in [3.05, 3.63) is 81.5 Å². The number of para-hydroxylation sites is 1. The molecule has 0 radical (unpaired) electrons. The Morgan fingerprint density at radius 2 is 1.79 bits per heavy atom. The number of nitrogens with one attached hydrogen (secondary N) is 2. The molecule has 140 valence electrons. The van der Waals surface area contributed by atoms with E-state index >= 15 is 0 Å². The zero-order valence-electron chi connectivity index (χ0n) is 14.8. The lowest BCUT2D eigenvalue weighted by Gasteiger charge is -2.07. The predicted molar refractivity (Wildman–Crippen MR) is 114 cm³/mol. The molecule has 0 saturated heterocycles. The fourth-order valence-electron chi connectivity index (χ4n) is 2.74. The molecule has 0 aliphatic heterocycles. The lowest BCUT2D eigenvalue weighted by molar-refractivity contribution is -0.115. The maximum Gasteiger partial charge on any atom is 0.261 e. The molecule has 28 heavy (non-hydrogen) atoms. The monoisotopic (exact) mass is 407 g/mol. The standard InChI is InChI=1S/C21H17N3O2S2/c25-19(13-22-21(26)18-6-3-11-27-18)23-15-9-7-14(8-10-15)12-20-24-16-4-1-2-5-17(16)28-20/h1-11H,12-13H2,(H,22,26)(H,23,25). The quantitative estimate of drug-likeness (QED) is 0.500. The summed E-state index contributed by atoms with van der Waals surface area (Å²) in [5, 5.41) is 8.29. The van der Waals surface area contributed by atoms with Gasteiger partial charge in [0.1, 0.15) is 0 Å². The summed E-state index contributed by atoms with van der Waals surface area (Å²) in [6, 6.07) is 19.3. The molecule has 4 aromatic rings. The Balaban J connectivity index is 1.31. The van der Waals surface area contributed by atoms with E-state index in [1.807, 2.05) is 47.8 Å². The third kappa shape index (κ3) is 4.44. The van der Waals surface area contributed by atoms with Gasteiger partial charge in [0.05, 0.1) is 26.6 Å². The maximum atomic E-state index is 12.0. The molecule has 2 aromatic carbocycles. The molecular formula is C21H17N3O2S2. The van der Waals surface area contributed by atoms with Crippen molar-refractivity contribution in [1.29, 1.82) is 0 Å². The van der Waals surface area contributed by atoms with Gasteiger partial charge in [0, 0.05) is 12.1 Å². The Hall–Kier alpha value is -3.03. The molecule has 0 saturated carbocycles. The van der Waals surface area contributed by atoms with Gasteiger partial charge in [-0.15, -0.1) is 22.7 Å². The molecule has 0 atom stereocenters. The molecule has 0 aliphatic rings. The summed E-state index contributed by atoms with van der Waals surface area (Å²) in [6.45, 7) is -0.0653. The number of benzene rings is 2. The van der Waals surface area contributed by atoms with Crippen molar-refractivity contribution in [3.63, 3.8) is 0 Å². The zero-order chi connectivity index (χ0) is 19.3. The molecule has 4 rings (SSSR count). The number of carbonyl (C=O) groups excluding carboxylic acids is 2. The number of fused-ring (bicyclic) bond motifs is 1. The maximum absolute atomic E-state index is 12.0. The van der Waals surface area contributed by atoms with E-state index in [4.69, 9.17) is 0 Å². The summed E-state index contributed by atoms with van der Waals surface area (Å²) < 4.78 is 1.19. The Bertz CT molecular complexity index is 1070. The number of anilines is 1. The molecule has 5 nitrogen and oxygen atoms in total. The summed E-state index contributed by atoms with van der Waals surface area (Å²) >= 11 is 3.04. The number of carbonyl (C=O) groups is 2. The van der Waals surface area contributed by atoms with Crippen molar-refractivity contribution < 1.29 is 9.59 Å². The van der Waals surface area contributed by atoms with Crippen LogP contribution in [-0.4, -0.2) is 23.3 Å². The van der Waals surface area contributed by atoms with Crippen LogP contribution in [0.4, 0.5) is 5.69 Å². The van der Waals surface area contributed by atoms with Gasteiger partial charge < -0.3 is 10.6 Å². The molecule has 0 fully saturated rings. The molecule has 0 unspecified atom stereocenters. The van der Waals surface area contributed by atoms with Crippen LogP contribution in [0.25, 0.3) is 10.2 Å². The molecule has 2 N–H and O–H groups in total. The van der Waals surface area contributed by atoms with Crippen LogP contribution in [0, 0.1) is 0 Å². The Kier molecular flexibility index (Phi) is 5.45. The number of hydrogen-bond donors (Lipinski definition) is 2. The van der Waals surface area contributed by atoms with E-state index in [1.54, 1.807) is 23.5 Å². The van der Waals surface area contributed by atoms with Crippen molar-refractivity contribution in [3.8, 4) is 0 Å². The Labute approximate surface area is 170 Å². The van der Waals surface area contributed by atoms with Crippen molar-refractivity contribution in [2.75, 3.05) is 11.9 Å². The second kappa shape index (κ2) is 8.33. The van der Waals surface area contributed by atoms with E-state index in [1.165, 1.54) is 16.0 Å². The molecule has 7 heteroatoms. The van der Waals surface area contributed by atoms with E-state index < -0.39 is 0 Å². The van der Waals surface area contributed by atoms with E-state index in [-0.39, 0.29) is 18.4 Å². The normalized spacial score (nSPS) is 10.7. The third-order valence-electron chi connectivity index (χ3n) is 4.09. The third-order valence-corrected chi connectivity index (χ3v) is 5.99. The van der Waals surface area contributed by atoms with Crippen LogP contribution in [0.2, 0.25) is 0 Å². The lowest BCUT2D eigenvalue weighted by atomic mass is 10.1. The van der Waals surface area contributed by atoms with Gasteiger partial charge in [0.2, 0.25) is 5.91 Å². The fourth-order valence-corrected chi connectivity index (χ4v) is 4.38. The Morgan fingerprint density at radius 1 is 0.964 bits per heavy atom. The van der Waals surface area contributed by atoms with Gasteiger partial charge in [0.25, 0.3) is 5.91 Å². The van der Waals surface area contributed by atoms with Crippen LogP contribution >= 0.6 is 22.7 Å². The average Bonchev–Trinajstić information content (AvgIpc) is 3.37. The van der Waals surface area contributed by atoms with Crippen LogP contribution in [0.1, 0.15) is 20.2 Å². The van der Waals surface area contributed by atoms with E-state index in [0.29, 0.717) is 10.6 Å². The first kappa shape index (κ1) is 18.3. The Morgan fingerprint density at radius 3 is 2.54 bits per heavy atom. The van der Waals surface area contributed by atoms with Gasteiger partial charge in [-0.25, -0.2) is 4.98 Å². The van der Waals surface area contributed by atoms with Gasteiger partial charge in [-0.1, -0.05) is 30.3 Å². The molecule has 0 spiro atoms. The predicted octanol–water partition coefficient (Wildman–Crippen LogP) is 4.32. The van der Waals surface area contributed by atoms with Crippen LogP contribution < -0.4 is 10.6 Å². The van der Waals surface area contributed by atoms with Gasteiger partial charge in [-0.2, -0.15) is 0 Å². The molecule has 2 heterocycles. The van der Waals surface area contributed by atoms with Crippen LogP contribution in [-0.2, 0) is 11.2 Å². The van der Waals surface area contributed by atoms with E-state index in [2.05, 4.69) is 21.7 Å². The minimum atomic E-state index is -0.260. The lowest BCUT2D eigenvalue weighted by Crippen LogP contribution is -2.32.